The molecular formula is C21H30N4O4. The van der Waals surface area contributed by atoms with Gasteiger partial charge in [0.25, 0.3) is 0 Å². The van der Waals surface area contributed by atoms with E-state index in [4.69, 9.17) is 4.74 Å². The molecular weight excluding hydrogens is 372 g/mol. The van der Waals surface area contributed by atoms with E-state index in [9.17, 15) is 14.4 Å². The number of aromatic nitrogens is 1. The lowest BCUT2D eigenvalue weighted by Crippen LogP contribution is -2.51. The Morgan fingerprint density at radius 1 is 1.24 bits per heavy atom. The quantitative estimate of drug-likeness (QED) is 0.780. The normalized spacial score (nSPS) is 20.4. The number of rotatable bonds is 6. The van der Waals surface area contributed by atoms with Crippen LogP contribution in [-0.4, -0.2) is 71.5 Å². The first kappa shape index (κ1) is 21.1. The fourth-order valence-corrected chi connectivity index (χ4v) is 3.88. The van der Waals surface area contributed by atoms with Crippen LogP contribution >= 0.6 is 0 Å². The fraction of sp³-hybridized carbons (Fsp3) is 0.619. The lowest BCUT2D eigenvalue weighted by Gasteiger charge is -2.35. The van der Waals surface area contributed by atoms with Crippen molar-refractivity contribution in [2.24, 2.45) is 5.92 Å². The number of hydrogen-bond donors (Lipinski definition) is 1. The summed E-state index contributed by atoms with van der Waals surface area (Å²) >= 11 is 0. The summed E-state index contributed by atoms with van der Waals surface area (Å²) < 4.78 is 5.03. The predicted octanol–water partition coefficient (Wildman–Crippen LogP) is 1.60. The van der Waals surface area contributed by atoms with Gasteiger partial charge in [0.2, 0.25) is 11.8 Å². The number of piperidine rings is 2. The summed E-state index contributed by atoms with van der Waals surface area (Å²) in [5.74, 6) is -0.0674. The average Bonchev–Trinajstić information content (AvgIpc) is 2.74. The Morgan fingerprint density at radius 2 is 2.03 bits per heavy atom. The van der Waals surface area contributed by atoms with E-state index in [0.29, 0.717) is 52.0 Å². The third kappa shape index (κ3) is 5.92. The van der Waals surface area contributed by atoms with E-state index < -0.39 is 0 Å². The van der Waals surface area contributed by atoms with Gasteiger partial charge in [-0.05, 0) is 38.3 Å². The molecule has 3 heterocycles. The zero-order chi connectivity index (χ0) is 20.6. The number of amides is 3. The third-order valence-corrected chi connectivity index (χ3v) is 5.60. The van der Waals surface area contributed by atoms with Gasteiger partial charge in [0.15, 0.2) is 0 Å². The molecule has 0 aromatic carbocycles. The number of pyridine rings is 1. The Hall–Kier alpha value is -2.64. The standard InChI is InChI=1S/C21H30N4O4/c1-2-29-21(28)24-12-9-18(10-13-24)23-20(27)16-6-7-19(26)25(15-16)14-8-17-5-3-4-11-22-17/h3-5,11,16,18H,2,6-10,12-15H2,1H3,(H,23,27). The summed E-state index contributed by atoms with van der Waals surface area (Å²) in [7, 11) is 0. The monoisotopic (exact) mass is 402 g/mol. The Balaban J connectivity index is 1.44. The molecule has 0 bridgehead atoms. The number of hydrogen-bond acceptors (Lipinski definition) is 5. The van der Waals surface area contributed by atoms with Crippen LogP contribution in [-0.2, 0) is 20.7 Å². The molecule has 8 nitrogen and oxygen atoms in total. The number of carbonyl (C=O) groups excluding carboxylic acids is 3. The Labute approximate surface area is 171 Å². The Morgan fingerprint density at radius 3 is 2.72 bits per heavy atom. The zero-order valence-electron chi connectivity index (χ0n) is 17.0. The van der Waals surface area contributed by atoms with E-state index in [1.165, 1.54) is 0 Å². The van der Waals surface area contributed by atoms with Crippen LogP contribution in [0.1, 0.15) is 38.3 Å². The minimum Gasteiger partial charge on any atom is -0.450 e. The summed E-state index contributed by atoms with van der Waals surface area (Å²) in [6.07, 6.45) is 4.59. The number of nitrogens with zero attached hydrogens (tertiary/aromatic N) is 3. The van der Waals surface area contributed by atoms with Crippen molar-refractivity contribution in [1.82, 2.24) is 20.1 Å². The van der Waals surface area contributed by atoms with Crippen molar-refractivity contribution in [3.63, 3.8) is 0 Å². The Kier molecular flexibility index (Phi) is 7.43. The molecule has 2 aliphatic heterocycles. The van der Waals surface area contributed by atoms with Crippen molar-refractivity contribution in [2.45, 2.75) is 45.1 Å². The first-order valence-corrected chi connectivity index (χ1v) is 10.5. The zero-order valence-corrected chi connectivity index (χ0v) is 17.0. The van der Waals surface area contributed by atoms with Gasteiger partial charge < -0.3 is 19.9 Å². The molecule has 3 rings (SSSR count). The summed E-state index contributed by atoms with van der Waals surface area (Å²) in [6.45, 7) is 4.37. The highest BCUT2D eigenvalue weighted by Gasteiger charge is 2.32. The van der Waals surface area contributed by atoms with E-state index in [2.05, 4.69) is 10.3 Å². The fourth-order valence-electron chi connectivity index (χ4n) is 3.88. The topological polar surface area (TPSA) is 91.8 Å². The van der Waals surface area contributed by atoms with Gasteiger partial charge in [-0.3, -0.25) is 14.6 Å². The van der Waals surface area contributed by atoms with E-state index in [0.717, 1.165) is 18.5 Å². The van der Waals surface area contributed by atoms with Crippen molar-refractivity contribution in [3.8, 4) is 0 Å². The molecule has 2 saturated heterocycles. The van der Waals surface area contributed by atoms with Gasteiger partial charge in [-0.25, -0.2) is 4.79 Å². The smallest absolute Gasteiger partial charge is 0.409 e. The largest absolute Gasteiger partial charge is 0.450 e. The maximum atomic E-state index is 12.7. The minimum absolute atomic E-state index is 0.00919. The first-order valence-electron chi connectivity index (χ1n) is 10.5. The lowest BCUT2D eigenvalue weighted by molar-refractivity contribution is -0.138. The number of likely N-dealkylation sites (tertiary alicyclic amines) is 2. The van der Waals surface area contributed by atoms with Crippen LogP contribution in [0.5, 0.6) is 0 Å². The van der Waals surface area contributed by atoms with Crippen LogP contribution in [0, 0.1) is 5.92 Å². The second-order valence-electron chi connectivity index (χ2n) is 7.62. The van der Waals surface area contributed by atoms with Gasteiger partial charge in [0, 0.05) is 57.0 Å². The summed E-state index contributed by atoms with van der Waals surface area (Å²) in [5.41, 5.74) is 0.945. The molecule has 0 spiro atoms. The van der Waals surface area contributed by atoms with Crippen LogP contribution < -0.4 is 5.32 Å². The minimum atomic E-state index is -0.286. The summed E-state index contributed by atoms with van der Waals surface area (Å²) in [6, 6.07) is 5.81. The van der Waals surface area contributed by atoms with Crippen molar-refractivity contribution < 1.29 is 19.1 Å². The molecule has 29 heavy (non-hydrogen) atoms. The van der Waals surface area contributed by atoms with Crippen LogP contribution in [0.4, 0.5) is 4.79 Å². The molecule has 1 atom stereocenters. The van der Waals surface area contributed by atoms with Crippen LogP contribution in [0.25, 0.3) is 0 Å². The second kappa shape index (κ2) is 10.2. The third-order valence-electron chi connectivity index (χ3n) is 5.60. The lowest BCUT2D eigenvalue weighted by atomic mass is 9.95. The molecule has 1 N–H and O–H groups in total. The van der Waals surface area contributed by atoms with E-state index >= 15 is 0 Å². The van der Waals surface area contributed by atoms with Gasteiger partial charge in [0.1, 0.15) is 0 Å². The summed E-state index contributed by atoms with van der Waals surface area (Å²) in [4.78, 5) is 44.5. The van der Waals surface area contributed by atoms with Crippen molar-refractivity contribution in [1.29, 1.82) is 0 Å². The van der Waals surface area contributed by atoms with E-state index in [1.54, 1.807) is 22.9 Å². The van der Waals surface area contributed by atoms with Gasteiger partial charge >= 0.3 is 6.09 Å². The van der Waals surface area contributed by atoms with Gasteiger partial charge in [0.05, 0.1) is 12.5 Å². The number of ether oxygens (including phenoxy) is 1. The number of nitrogens with one attached hydrogen (secondary N) is 1. The van der Waals surface area contributed by atoms with Crippen LogP contribution in [0.3, 0.4) is 0 Å². The second-order valence-corrected chi connectivity index (χ2v) is 7.62. The first-order chi connectivity index (χ1) is 14.1. The van der Waals surface area contributed by atoms with Gasteiger partial charge in [-0.2, -0.15) is 0 Å². The highest BCUT2D eigenvalue weighted by atomic mass is 16.6. The Bertz CT molecular complexity index is 704. The molecule has 2 fully saturated rings. The van der Waals surface area contributed by atoms with E-state index in [1.807, 2.05) is 18.2 Å². The molecule has 2 aliphatic rings. The van der Waals surface area contributed by atoms with Crippen LogP contribution in [0.2, 0.25) is 0 Å². The maximum absolute atomic E-state index is 12.7. The average molecular weight is 402 g/mol. The summed E-state index contributed by atoms with van der Waals surface area (Å²) in [5, 5.41) is 3.12. The molecule has 0 aliphatic carbocycles. The molecule has 0 radical (unpaired) electrons. The number of carbonyl (C=O) groups is 3. The maximum Gasteiger partial charge on any atom is 0.409 e. The molecule has 158 valence electrons. The van der Waals surface area contributed by atoms with Crippen molar-refractivity contribution in [2.75, 3.05) is 32.8 Å². The molecule has 8 heteroatoms. The molecule has 1 aromatic heterocycles. The molecule has 3 amide bonds. The van der Waals surface area contributed by atoms with Gasteiger partial charge in [-0.1, -0.05) is 6.07 Å². The molecule has 1 unspecified atom stereocenters. The van der Waals surface area contributed by atoms with Crippen LogP contribution in [0.15, 0.2) is 24.4 Å². The predicted molar refractivity (Wildman–Crippen MR) is 107 cm³/mol. The highest BCUT2D eigenvalue weighted by molar-refractivity contribution is 5.84. The van der Waals surface area contributed by atoms with Crippen molar-refractivity contribution in [3.05, 3.63) is 30.1 Å². The molecule has 1 aromatic rings. The van der Waals surface area contributed by atoms with E-state index in [-0.39, 0.29) is 29.9 Å². The van der Waals surface area contributed by atoms with Gasteiger partial charge in [-0.15, -0.1) is 0 Å². The highest BCUT2D eigenvalue weighted by Crippen LogP contribution is 2.20. The van der Waals surface area contributed by atoms with Crippen molar-refractivity contribution >= 4 is 17.9 Å². The molecule has 0 saturated carbocycles. The SMILES string of the molecule is CCOC(=O)N1CCC(NC(=O)C2CCC(=O)N(CCc3ccccn3)C2)CC1.